The van der Waals surface area contributed by atoms with Gasteiger partial charge in [0.2, 0.25) is 0 Å². The zero-order valence-corrected chi connectivity index (χ0v) is 9.30. The lowest BCUT2D eigenvalue weighted by Crippen LogP contribution is -2.36. The largest absolute Gasteiger partial charge is 0.366 e. The standard InChI is InChI=1S/C12H18O4/c1-2-8-9-10(11(13)14-8)16-12(15-9)6-4-3-5-7-12/h2,8-11,13H,1,3-7H2/t8-,9-,10-,11-/m0/s1. The average Bonchev–Trinajstić information content (AvgIpc) is 2.78. The number of hydrogen-bond acceptors (Lipinski definition) is 4. The molecule has 0 unspecified atom stereocenters. The van der Waals surface area contributed by atoms with E-state index in [9.17, 15) is 5.11 Å². The third-order valence-corrected chi connectivity index (χ3v) is 3.77. The molecular weight excluding hydrogens is 208 g/mol. The van der Waals surface area contributed by atoms with Crippen molar-refractivity contribution in [1.29, 1.82) is 0 Å². The third-order valence-electron chi connectivity index (χ3n) is 3.77. The summed E-state index contributed by atoms with van der Waals surface area (Å²) in [6.45, 7) is 3.70. The summed E-state index contributed by atoms with van der Waals surface area (Å²) in [5, 5.41) is 9.74. The van der Waals surface area contributed by atoms with E-state index >= 15 is 0 Å². The van der Waals surface area contributed by atoms with Crippen LogP contribution >= 0.6 is 0 Å². The van der Waals surface area contributed by atoms with Gasteiger partial charge in [0.05, 0.1) is 0 Å². The first-order valence-corrected chi connectivity index (χ1v) is 6.06. The molecule has 4 atom stereocenters. The van der Waals surface area contributed by atoms with Crippen LogP contribution in [0, 0.1) is 0 Å². The van der Waals surface area contributed by atoms with Crippen LogP contribution in [0.25, 0.3) is 0 Å². The topological polar surface area (TPSA) is 47.9 Å². The van der Waals surface area contributed by atoms with Crippen molar-refractivity contribution in [2.24, 2.45) is 0 Å². The maximum atomic E-state index is 9.74. The van der Waals surface area contributed by atoms with E-state index in [1.807, 2.05) is 0 Å². The van der Waals surface area contributed by atoms with E-state index in [-0.39, 0.29) is 18.3 Å². The highest BCUT2D eigenvalue weighted by Crippen LogP contribution is 2.45. The summed E-state index contributed by atoms with van der Waals surface area (Å²) in [6.07, 6.45) is 5.38. The van der Waals surface area contributed by atoms with Gasteiger partial charge < -0.3 is 19.3 Å². The Morgan fingerprint density at radius 2 is 1.81 bits per heavy atom. The van der Waals surface area contributed by atoms with Crippen LogP contribution in [0.4, 0.5) is 0 Å². The minimum Gasteiger partial charge on any atom is -0.366 e. The molecule has 4 heteroatoms. The van der Waals surface area contributed by atoms with Crippen LogP contribution in [0.3, 0.4) is 0 Å². The summed E-state index contributed by atoms with van der Waals surface area (Å²) >= 11 is 0. The highest BCUT2D eigenvalue weighted by molar-refractivity contribution is 5.03. The molecule has 3 rings (SSSR count). The van der Waals surface area contributed by atoms with E-state index in [1.165, 1.54) is 6.42 Å². The smallest absolute Gasteiger partial charge is 0.184 e. The summed E-state index contributed by atoms with van der Waals surface area (Å²) < 4.78 is 17.2. The van der Waals surface area contributed by atoms with Crippen molar-refractivity contribution in [3.05, 3.63) is 12.7 Å². The van der Waals surface area contributed by atoms with Gasteiger partial charge in [-0.15, -0.1) is 6.58 Å². The number of fused-ring (bicyclic) bond motifs is 1. The Balaban J connectivity index is 1.78. The van der Waals surface area contributed by atoms with Crippen LogP contribution in [0.2, 0.25) is 0 Å². The summed E-state index contributed by atoms with van der Waals surface area (Å²) in [4.78, 5) is 0. The molecule has 3 aliphatic rings. The lowest BCUT2D eigenvalue weighted by Gasteiger charge is -2.33. The summed E-state index contributed by atoms with van der Waals surface area (Å²) in [5.74, 6) is -0.459. The number of aliphatic hydroxyl groups is 1. The molecule has 90 valence electrons. The fourth-order valence-corrected chi connectivity index (χ4v) is 2.96. The minimum absolute atomic E-state index is 0.189. The van der Waals surface area contributed by atoms with Crippen molar-refractivity contribution in [2.75, 3.05) is 0 Å². The second-order valence-electron chi connectivity index (χ2n) is 4.86. The second-order valence-corrected chi connectivity index (χ2v) is 4.86. The Bertz CT molecular complexity index is 285. The molecule has 2 saturated heterocycles. The molecule has 1 aliphatic carbocycles. The first kappa shape index (κ1) is 10.7. The molecule has 0 aromatic heterocycles. The van der Waals surface area contributed by atoms with Gasteiger partial charge >= 0.3 is 0 Å². The maximum Gasteiger partial charge on any atom is 0.184 e. The zero-order valence-electron chi connectivity index (χ0n) is 9.30. The molecule has 1 spiro atoms. The van der Waals surface area contributed by atoms with E-state index in [0.717, 1.165) is 25.7 Å². The van der Waals surface area contributed by atoms with Crippen LogP contribution in [0.1, 0.15) is 32.1 Å². The van der Waals surface area contributed by atoms with Gasteiger partial charge in [-0.05, 0) is 12.8 Å². The average molecular weight is 226 g/mol. The summed E-state index contributed by atoms with van der Waals surface area (Å²) in [5.41, 5.74) is 0. The molecule has 3 fully saturated rings. The third kappa shape index (κ3) is 1.52. The summed E-state index contributed by atoms with van der Waals surface area (Å²) in [6, 6.07) is 0. The minimum atomic E-state index is -0.880. The molecule has 16 heavy (non-hydrogen) atoms. The monoisotopic (exact) mass is 226 g/mol. The molecule has 1 N–H and O–H groups in total. The molecule has 0 radical (unpaired) electrons. The molecule has 0 bridgehead atoms. The Hall–Kier alpha value is -0.420. The van der Waals surface area contributed by atoms with Gasteiger partial charge in [-0.25, -0.2) is 0 Å². The van der Waals surface area contributed by atoms with E-state index in [2.05, 4.69) is 6.58 Å². The number of rotatable bonds is 1. The lowest BCUT2D eigenvalue weighted by atomic mass is 9.94. The Kier molecular flexibility index (Phi) is 2.55. The van der Waals surface area contributed by atoms with E-state index in [4.69, 9.17) is 14.2 Å². The molecule has 4 nitrogen and oxygen atoms in total. The number of ether oxygens (including phenoxy) is 3. The first-order valence-electron chi connectivity index (χ1n) is 6.06. The molecule has 0 amide bonds. The molecule has 0 aromatic rings. The first-order chi connectivity index (χ1) is 7.74. The number of hydrogen-bond donors (Lipinski definition) is 1. The summed E-state index contributed by atoms with van der Waals surface area (Å²) in [7, 11) is 0. The Labute approximate surface area is 95.2 Å². The van der Waals surface area contributed by atoms with Gasteiger partial charge in [0.1, 0.15) is 18.3 Å². The van der Waals surface area contributed by atoms with Crippen LogP contribution in [0.15, 0.2) is 12.7 Å². The molecule has 2 aliphatic heterocycles. The van der Waals surface area contributed by atoms with E-state index < -0.39 is 12.1 Å². The lowest BCUT2D eigenvalue weighted by molar-refractivity contribution is -0.242. The van der Waals surface area contributed by atoms with Crippen LogP contribution < -0.4 is 0 Å². The predicted molar refractivity (Wildman–Crippen MR) is 56.6 cm³/mol. The fourth-order valence-electron chi connectivity index (χ4n) is 2.96. The molecule has 1 saturated carbocycles. The zero-order chi connectivity index (χ0) is 11.2. The predicted octanol–water partition coefficient (Wildman–Crippen LogP) is 1.33. The van der Waals surface area contributed by atoms with Crippen molar-refractivity contribution in [2.45, 2.75) is 62.5 Å². The normalized spacial score (nSPS) is 45.8. The molecular formula is C12H18O4. The highest BCUT2D eigenvalue weighted by Gasteiger charge is 2.57. The van der Waals surface area contributed by atoms with E-state index in [1.54, 1.807) is 6.08 Å². The maximum absolute atomic E-state index is 9.74. The van der Waals surface area contributed by atoms with Crippen LogP contribution in [0.5, 0.6) is 0 Å². The number of aliphatic hydroxyl groups excluding tert-OH is 1. The molecule has 0 aromatic carbocycles. The molecule has 2 heterocycles. The van der Waals surface area contributed by atoms with Crippen molar-refractivity contribution >= 4 is 0 Å². The van der Waals surface area contributed by atoms with Crippen molar-refractivity contribution in [3.8, 4) is 0 Å². The highest BCUT2D eigenvalue weighted by atomic mass is 16.8. The van der Waals surface area contributed by atoms with Crippen molar-refractivity contribution < 1.29 is 19.3 Å². The van der Waals surface area contributed by atoms with Gasteiger partial charge in [-0.2, -0.15) is 0 Å². The van der Waals surface area contributed by atoms with Crippen molar-refractivity contribution in [3.63, 3.8) is 0 Å². The fraction of sp³-hybridized carbons (Fsp3) is 0.833. The van der Waals surface area contributed by atoms with Gasteiger partial charge in [0, 0.05) is 12.8 Å². The van der Waals surface area contributed by atoms with Crippen LogP contribution in [-0.4, -0.2) is 35.5 Å². The Morgan fingerprint density at radius 1 is 1.12 bits per heavy atom. The van der Waals surface area contributed by atoms with Gasteiger partial charge in [-0.1, -0.05) is 12.5 Å². The van der Waals surface area contributed by atoms with Gasteiger partial charge in [0.25, 0.3) is 0 Å². The van der Waals surface area contributed by atoms with Gasteiger partial charge in [0.15, 0.2) is 12.1 Å². The van der Waals surface area contributed by atoms with Crippen LogP contribution in [-0.2, 0) is 14.2 Å². The quantitative estimate of drug-likeness (QED) is 0.685. The van der Waals surface area contributed by atoms with Gasteiger partial charge in [-0.3, -0.25) is 0 Å². The SMILES string of the molecule is C=C[C@@H]1O[C@H](O)[C@H]2OC3(CCCCC3)O[C@H]21. The van der Waals surface area contributed by atoms with Crippen molar-refractivity contribution in [1.82, 2.24) is 0 Å². The Morgan fingerprint density at radius 3 is 2.50 bits per heavy atom. The second kappa shape index (κ2) is 3.81. The van der Waals surface area contributed by atoms with E-state index in [0.29, 0.717) is 0 Å².